The average molecular weight is 582 g/mol. The summed E-state index contributed by atoms with van der Waals surface area (Å²) >= 11 is 0. The second kappa shape index (κ2) is 11.7. The second-order valence-corrected chi connectivity index (χ2v) is 14.8. The molecule has 3 aromatic rings. The molecule has 1 N–H and O–H groups in total. The van der Waals surface area contributed by atoms with Gasteiger partial charge in [-0.05, 0) is 82.3 Å². The van der Waals surface area contributed by atoms with E-state index >= 15 is 0 Å². The Balaban J connectivity index is 2.16. The Morgan fingerprint density at radius 3 is 1.98 bits per heavy atom. The van der Waals surface area contributed by atoms with Crippen molar-refractivity contribution in [1.29, 1.82) is 0 Å². The van der Waals surface area contributed by atoms with E-state index in [2.05, 4.69) is 41.5 Å². The molecule has 222 valence electrons. The molecule has 0 saturated carbocycles. The number of hydrogen-bond donors (Lipinski definition) is 1. The van der Waals surface area contributed by atoms with Gasteiger partial charge in [-0.25, -0.2) is 13.4 Å². The Morgan fingerprint density at radius 2 is 1.46 bits per heavy atom. The van der Waals surface area contributed by atoms with Gasteiger partial charge in [0.1, 0.15) is 17.0 Å². The highest BCUT2D eigenvalue weighted by Crippen LogP contribution is 2.41. The van der Waals surface area contributed by atoms with Gasteiger partial charge in [0.15, 0.2) is 0 Å². The number of nitrogens with zero attached hydrogens (tertiary/aromatic N) is 2. The zero-order valence-electron chi connectivity index (χ0n) is 26.0. The van der Waals surface area contributed by atoms with Gasteiger partial charge in [0.25, 0.3) is 0 Å². The van der Waals surface area contributed by atoms with Crippen LogP contribution in [-0.4, -0.2) is 43.0 Å². The van der Waals surface area contributed by atoms with Gasteiger partial charge in [-0.15, -0.1) is 0 Å². The van der Waals surface area contributed by atoms with Gasteiger partial charge in [-0.3, -0.25) is 4.72 Å². The molecule has 1 aromatic heterocycles. The molecule has 0 aliphatic rings. The fourth-order valence-corrected chi connectivity index (χ4v) is 4.58. The molecule has 0 radical (unpaired) electrons. The van der Waals surface area contributed by atoms with Crippen molar-refractivity contribution in [1.82, 2.24) is 9.97 Å². The van der Waals surface area contributed by atoms with Gasteiger partial charge in [0.05, 0.1) is 18.9 Å². The van der Waals surface area contributed by atoms with Gasteiger partial charge < -0.3 is 14.2 Å². The predicted molar refractivity (Wildman–Crippen MR) is 167 cm³/mol. The van der Waals surface area contributed by atoms with E-state index in [0.717, 1.165) is 39.8 Å². The Morgan fingerprint density at radius 1 is 0.854 bits per heavy atom. The summed E-state index contributed by atoms with van der Waals surface area (Å²) in [6, 6.07) is 11.5. The highest BCUT2D eigenvalue weighted by atomic mass is 32.2. The lowest BCUT2D eigenvalue weighted by Gasteiger charge is -2.26. The number of sulfonamides is 1. The summed E-state index contributed by atoms with van der Waals surface area (Å²) in [5.41, 5.74) is 3.71. The van der Waals surface area contributed by atoms with Gasteiger partial charge >= 0.3 is 6.01 Å². The summed E-state index contributed by atoms with van der Waals surface area (Å²) in [6.07, 6.45) is 6.81. The third kappa shape index (κ3) is 9.49. The highest BCUT2D eigenvalue weighted by molar-refractivity contribution is 7.92. The van der Waals surface area contributed by atoms with Crippen LogP contribution in [0.3, 0.4) is 0 Å². The maximum atomic E-state index is 11.5. The monoisotopic (exact) mass is 581 g/mol. The van der Waals surface area contributed by atoms with E-state index in [-0.39, 0.29) is 11.4 Å². The van der Waals surface area contributed by atoms with Crippen LogP contribution in [0.5, 0.6) is 17.6 Å². The number of nitrogens with one attached hydrogen (secondary N) is 1. The Bertz CT molecular complexity index is 1510. The maximum Gasteiger partial charge on any atom is 0.320 e. The summed E-state index contributed by atoms with van der Waals surface area (Å²) in [6.45, 7) is 18.2. The first-order valence-corrected chi connectivity index (χ1v) is 15.4. The lowest BCUT2D eigenvalue weighted by molar-refractivity contribution is 0.103. The van der Waals surface area contributed by atoms with Crippen LogP contribution in [0.2, 0.25) is 0 Å². The normalized spacial score (nSPS) is 12.9. The summed E-state index contributed by atoms with van der Waals surface area (Å²) in [5, 5.41) is 0. The molecule has 0 aliphatic heterocycles. The van der Waals surface area contributed by atoms with E-state index < -0.39 is 21.2 Å². The zero-order chi connectivity index (χ0) is 30.8. The van der Waals surface area contributed by atoms with Crippen molar-refractivity contribution in [2.45, 2.75) is 78.9 Å². The Kier molecular flexibility index (Phi) is 9.13. The van der Waals surface area contributed by atoms with Gasteiger partial charge in [-0.1, -0.05) is 45.1 Å². The molecule has 8 nitrogen and oxygen atoms in total. The molecule has 41 heavy (non-hydrogen) atoms. The van der Waals surface area contributed by atoms with E-state index in [9.17, 15) is 8.42 Å². The lowest BCUT2D eigenvalue weighted by atomic mass is 9.83. The molecule has 0 unspecified atom stereocenters. The molecule has 0 amide bonds. The van der Waals surface area contributed by atoms with Crippen molar-refractivity contribution < 1.29 is 22.6 Å². The minimum Gasteiger partial charge on any atom is -0.496 e. The molecule has 2 aromatic carbocycles. The smallest absolute Gasteiger partial charge is 0.320 e. The molecular weight excluding hydrogens is 538 g/mol. The van der Waals surface area contributed by atoms with E-state index in [1.165, 1.54) is 0 Å². The molecule has 0 fully saturated rings. The molecule has 0 atom stereocenters. The van der Waals surface area contributed by atoms with Crippen LogP contribution in [0.4, 0.5) is 5.69 Å². The van der Waals surface area contributed by atoms with E-state index in [1.54, 1.807) is 25.4 Å². The first-order valence-electron chi connectivity index (χ1n) is 13.5. The van der Waals surface area contributed by atoms with Crippen LogP contribution in [0.25, 0.3) is 23.3 Å². The van der Waals surface area contributed by atoms with Gasteiger partial charge in [-0.2, -0.15) is 4.98 Å². The average Bonchev–Trinajstić information content (AvgIpc) is 2.79. The molecule has 3 rings (SSSR count). The van der Waals surface area contributed by atoms with Crippen molar-refractivity contribution in [2.75, 3.05) is 18.1 Å². The van der Waals surface area contributed by atoms with Crippen molar-refractivity contribution in [3.05, 3.63) is 59.3 Å². The number of ether oxygens (including phenoxy) is 3. The van der Waals surface area contributed by atoms with Crippen molar-refractivity contribution in [2.24, 2.45) is 0 Å². The van der Waals surface area contributed by atoms with Crippen LogP contribution in [0.1, 0.15) is 79.0 Å². The Labute approximate surface area is 245 Å². The fraction of sp³-hybridized carbons (Fsp3) is 0.438. The van der Waals surface area contributed by atoms with Crippen LogP contribution < -0.4 is 18.9 Å². The van der Waals surface area contributed by atoms with Crippen molar-refractivity contribution in [3.63, 3.8) is 0 Å². The molecule has 0 aliphatic carbocycles. The quantitative estimate of drug-likeness (QED) is 0.278. The Hall–Kier alpha value is -3.59. The highest BCUT2D eigenvalue weighted by Gasteiger charge is 2.25. The summed E-state index contributed by atoms with van der Waals surface area (Å²) in [7, 11) is -1.67. The minimum atomic E-state index is -3.34. The molecule has 0 bridgehead atoms. The van der Waals surface area contributed by atoms with Crippen molar-refractivity contribution >= 4 is 27.9 Å². The minimum absolute atomic E-state index is 0.232. The van der Waals surface area contributed by atoms with Gasteiger partial charge in [0.2, 0.25) is 15.9 Å². The number of methoxy groups -OCH3 is 1. The zero-order valence-corrected chi connectivity index (χ0v) is 26.9. The fourth-order valence-electron chi connectivity index (χ4n) is 4.02. The topological polar surface area (TPSA) is 99.6 Å². The summed E-state index contributed by atoms with van der Waals surface area (Å²) < 4.78 is 43.8. The molecule has 9 heteroatoms. The van der Waals surface area contributed by atoms with Crippen LogP contribution in [-0.2, 0) is 15.4 Å². The summed E-state index contributed by atoms with van der Waals surface area (Å²) in [5.74, 6) is 1.19. The SMILES string of the molecule is COc1c(/C=C/c2ccc(NS(C)(=O)=O)cc2)cc(-c2cnc(OC(C)(C)C)nc2OC(C)(C)C)cc1C(C)(C)C. The number of benzene rings is 2. The predicted octanol–water partition coefficient (Wildman–Crippen LogP) is 7.35. The molecular formula is C32H43N3O5S. The third-order valence-corrected chi connectivity index (χ3v) is 6.25. The van der Waals surface area contributed by atoms with Crippen LogP contribution in [0, 0.1) is 0 Å². The van der Waals surface area contributed by atoms with E-state index in [1.807, 2.05) is 71.9 Å². The number of hydrogen-bond acceptors (Lipinski definition) is 7. The summed E-state index contributed by atoms with van der Waals surface area (Å²) in [4.78, 5) is 9.17. The first kappa shape index (κ1) is 31.9. The first-order chi connectivity index (χ1) is 18.7. The molecule has 0 spiro atoms. The van der Waals surface area contributed by atoms with Crippen LogP contribution >= 0.6 is 0 Å². The maximum absolute atomic E-state index is 11.5. The number of anilines is 1. The molecule has 1 heterocycles. The molecule has 0 saturated heterocycles. The largest absolute Gasteiger partial charge is 0.496 e. The van der Waals surface area contributed by atoms with E-state index in [4.69, 9.17) is 14.2 Å². The van der Waals surface area contributed by atoms with E-state index in [0.29, 0.717) is 11.6 Å². The van der Waals surface area contributed by atoms with Crippen molar-refractivity contribution in [3.8, 4) is 28.8 Å². The number of rotatable bonds is 8. The van der Waals surface area contributed by atoms with Gasteiger partial charge in [0, 0.05) is 23.0 Å². The number of aromatic nitrogens is 2. The third-order valence-electron chi connectivity index (χ3n) is 5.64. The van der Waals surface area contributed by atoms with Crippen LogP contribution in [0.15, 0.2) is 42.6 Å². The lowest BCUT2D eigenvalue weighted by Crippen LogP contribution is -2.26. The standard InChI is InChI=1S/C32H43N3O5S/c1-30(2,3)26-19-23(25-20-33-29(40-32(7,8)9)34-28(25)39-31(4,5)6)18-22(27(26)38-10)15-12-21-13-16-24(17-14-21)35-41(11,36)37/h12-20,35H,1-11H3/b15-12+. The second-order valence-electron chi connectivity index (χ2n) is 13.0.